The van der Waals surface area contributed by atoms with Crippen LogP contribution in [0.15, 0.2) is 12.1 Å². The smallest absolute Gasteiger partial charge is 0.311 e. The van der Waals surface area contributed by atoms with E-state index < -0.39 is 4.92 Å². The average Bonchev–Trinajstić information content (AvgIpc) is 2.42. The fourth-order valence-corrected chi connectivity index (χ4v) is 1.71. The number of methoxy groups -OCH3 is 1. The summed E-state index contributed by atoms with van der Waals surface area (Å²) in [5.41, 5.74) is -0.0784. The van der Waals surface area contributed by atoms with Crippen molar-refractivity contribution in [3.63, 3.8) is 0 Å². The number of unbranched alkanes of at least 4 members (excludes halogenated alkanes) is 1. The first-order valence-corrected chi connectivity index (χ1v) is 6.19. The topological polar surface area (TPSA) is 88.7 Å². The first-order chi connectivity index (χ1) is 9.13. The van der Waals surface area contributed by atoms with Crippen molar-refractivity contribution < 1.29 is 14.8 Å². The predicted molar refractivity (Wildman–Crippen MR) is 71.7 cm³/mol. The predicted octanol–water partition coefficient (Wildman–Crippen LogP) is 1.60. The van der Waals surface area contributed by atoms with E-state index in [4.69, 9.17) is 9.84 Å². The van der Waals surface area contributed by atoms with Gasteiger partial charge in [0.25, 0.3) is 0 Å². The van der Waals surface area contributed by atoms with Gasteiger partial charge in [-0.25, -0.2) is 0 Å². The Labute approximate surface area is 112 Å². The third kappa shape index (κ3) is 4.06. The molecular formula is C12H19N3O4. The maximum atomic E-state index is 11.0. The zero-order valence-corrected chi connectivity index (χ0v) is 11.2. The summed E-state index contributed by atoms with van der Waals surface area (Å²) in [5, 5.41) is 20.1. The quantitative estimate of drug-likeness (QED) is 0.569. The minimum Gasteiger partial charge on any atom is -0.481 e. The van der Waals surface area contributed by atoms with Crippen molar-refractivity contribution in [2.75, 3.05) is 31.7 Å². The Morgan fingerprint density at radius 1 is 1.47 bits per heavy atom. The van der Waals surface area contributed by atoms with Crippen molar-refractivity contribution >= 4 is 11.5 Å². The van der Waals surface area contributed by atoms with Crippen LogP contribution >= 0.6 is 0 Å². The second-order valence-electron chi connectivity index (χ2n) is 4.02. The van der Waals surface area contributed by atoms with E-state index in [9.17, 15) is 10.1 Å². The molecule has 0 saturated heterocycles. The molecule has 0 radical (unpaired) electrons. The molecule has 0 unspecified atom stereocenters. The lowest BCUT2D eigenvalue weighted by molar-refractivity contribution is -0.384. The van der Waals surface area contributed by atoms with Crippen LogP contribution < -0.4 is 9.64 Å². The number of rotatable bonds is 8. The van der Waals surface area contributed by atoms with Crippen LogP contribution in [0.4, 0.5) is 11.5 Å². The van der Waals surface area contributed by atoms with Crippen LogP contribution in [0.2, 0.25) is 0 Å². The highest BCUT2D eigenvalue weighted by Gasteiger charge is 2.21. The first-order valence-electron chi connectivity index (χ1n) is 6.19. The van der Waals surface area contributed by atoms with Crippen molar-refractivity contribution in [2.45, 2.75) is 19.8 Å². The Kier molecular flexibility index (Phi) is 6.01. The van der Waals surface area contributed by atoms with Crippen molar-refractivity contribution in [2.24, 2.45) is 0 Å². The summed E-state index contributed by atoms with van der Waals surface area (Å²) in [4.78, 5) is 16.4. The normalized spacial score (nSPS) is 10.3. The van der Waals surface area contributed by atoms with Gasteiger partial charge in [-0.3, -0.25) is 10.1 Å². The molecule has 0 bridgehead atoms. The molecule has 0 aliphatic heterocycles. The molecular weight excluding hydrogens is 250 g/mol. The summed E-state index contributed by atoms with van der Waals surface area (Å²) in [7, 11) is 1.46. The summed E-state index contributed by atoms with van der Waals surface area (Å²) in [6.45, 7) is 2.86. The SMILES string of the molecule is CCCCN(CCO)c1nc(OC)ccc1[N+](=O)[O-]. The zero-order chi connectivity index (χ0) is 14.3. The van der Waals surface area contributed by atoms with Crippen molar-refractivity contribution in [3.8, 4) is 5.88 Å². The molecule has 1 N–H and O–H groups in total. The summed E-state index contributed by atoms with van der Waals surface area (Å²) in [6, 6.07) is 2.83. The Morgan fingerprint density at radius 3 is 2.74 bits per heavy atom. The molecule has 19 heavy (non-hydrogen) atoms. The third-order valence-corrected chi connectivity index (χ3v) is 2.69. The van der Waals surface area contributed by atoms with E-state index in [-0.39, 0.29) is 18.1 Å². The maximum Gasteiger partial charge on any atom is 0.311 e. The molecule has 106 valence electrons. The fourth-order valence-electron chi connectivity index (χ4n) is 1.71. The molecule has 1 rings (SSSR count). The van der Waals surface area contributed by atoms with Crippen LogP contribution in [-0.4, -0.2) is 41.8 Å². The molecule has 7 nitrogen and oxygen atoms in total. The van der Waals surface area contributed by atoms with Gasteiger partial charge in [-0.2, -0.15) is 4.98 Å². The molecule has 0 aliphatic carbocycles. The Hall–Kier alpha value is -1.89. The molecule has 0 amide bonds. The molecule has 1 heterocycles. The number of pyridine rings is 1. The van der Waals surface area contributed by atoms with Gasteiger partial charge in [0.05, 0.1) is 18.6 Å². The summed E-state index contributed by atoms with van der Waals surface area (Å²) >= 11 is 0. The number of ether oxygens (including phenoxy) is 1. The monoisotopic (exact) mass is 269 g/mol. The number of anilines is 1. The van der Waals surface area contributed by atoms with Gasteiger partial charge in [0, 0.05) is 25.2 Å². The lowest BCUT2D eigenvalue weighted by atomic mass is 10.3. The van der Waals surface area contributed by atoms with Gasteiger partial charge in [-0.15, -0.1) is 0 Å². The lowest BCUT2D eigenvalue weighted by Gasteiger charge is -2.22. The van der Waals surface area contributed by atoms with Crippen LogP contribution in [0.25, 0.3) is 0 Å². The molecule has 0 spiro atoms. The molecule has 0 aromatic carbocycles. The molecule has 0 fully saturated rings. The van der Waals surface area contributed by atoms with Crippen LogP contribution in [0.5, 0.6) is 5.88 Å². The summed E-state index contributed by atoms with van der Waals surface area (Å²) in [6.07, 6.45) is 1.83. The summed E-state index contributed by atoms with van der Waals surface area (Å²) < 4.78 is 5.00. The fraction of sp³-hybridized carbons (Fsp3) is 0.583. The average molecular weight is 269 g/mol. The Bertz CT molecular complexity index is 425. The number of hydrogen-bond acceptors (Lipinski definition) is 6. The first kappa shape index (κ1) is 15.2. The van der Waals surface area contributed by atoms with Gasteiger partial charge in [0.2, 0.25) is 11.7 Å². The molecule has 0 atom stereocenters. The number of nitro groups is 1. The van der Waals surface area contributed by atoms with Gasteiger partial charge in [0.1, 0.15) is 0 Å². The number of hydrogen-bond donors (Lipinski definition) is 1. The maximum absolute atomic E-state index is 11.0. The van der Waals surface area contributed by atoms with E-state index in [1.165, 1.54) is 19.2 Å². The number of nitrogens with zero attached hydrogens (tertiary/aromatic N) is 3. The minimum atomic E-state index is -0.474. The largest absolute Gasteiger partial charge is 0.481 e. The van der Waals surface area contributed by atoms with Gasteiger partial charge in [0.15, 0.2) is 0 Å². The molecule has 1 aromatic heterocycles. The second-order valence-corrected chi connectivity index (χ2v) is 4.02. The molecule has 0 aliphatic rings. The number of aliphatic hydroxyl groups excluding tert-OH is 1. The van der Waals surface area contributed by atoms with Crippen LogP contribution in [0, 0.1) is 10.1 Å². The van der Waals surface area contributed by atoms with E-state index in [0.717, 1.165) is 12.8 Å². The van der Waals surface area contributed by atoms with Crippen molar-refractivity contribution in [3.05, 3.63) is 22.2 Å². The van der Waals surface area contributed by atoms with Gasteiger partial charge in [-0.1, -0.05) is 13.3 Å². The highest BCUT2D eigenvalue weighted by atomic mass is 16.6. The van der Waals surface area contributed by atoms with Crippen molar-refractivity contribution in [1.29, 1.82) is 0 Å². The van der Waals surface area contributed by atoms with E-state index in [1.54, 1.807) is 4.90 Å². The Balaban J connectivity index is 3.12. The third-order valence-electron chi connectivity index (χ3n) is 2.69. The van der Waals surface area contributed by atoms with E-state index in [2.05, 4.69) is 4.98 Å². The number of aliphatic hydroxyl groups is 1. The standard InChI is InChI=1S/C12H19N3O4/c1-3-4-7-14(8-9-16)12-10(15(17)18)5-6-11(13-12)19-2/h5-6,16H,3-4,7-9H2,1-2H3. The Morgan fingerprint density at radius 2 is 2.21 bits per heavy atom. The zero-order valence-electron chi connectivity index (χ0n) is 11.2. The molecule has 0 saturated carbocycles. The van der Waals surface area contributed by atoms with E-state index in [1.807, 2.05) is 6.92 Å². The highest BCUT2D eigenvalue weighted by molar-refractivity contribution is 5.59. The van der Waals surface area contributed by atoms with Crippen LogP contribution in [0.1, 0.15) is 19.8 Å². The van der Waals surface area contributed by atoms with Gasteiger partial charge in [-0.05, 0) is 6.42 Å². The molecule has 1 aromatic rings. The molecule has 7 heteroatoms. The van der Waals surface area contributed by atoms with Gasteiger partial charge < -0.3 is 14.7 Å². The minimum absolute atomic E-state index is 0.0784. The highest BCUT2D eigenvalue weighted by Crippen LogP contribution is 2.28. The lowest BCUT2D eigenvalue weighted by Crippen LogP contribution is -2.29. The van der Waals surface area contributed by atoms with E-state index in [0.29, 0.717) is 19.0 Å². The van der Waals surface area contributed by atoms with Crippen molar-refractivity contribution in [1.82, 2.24) is 4.98 Å². The second kappa shape index (κ2) is 7.52. The van der Waals surface area contributed by atoms with Crippen LogP contribution in [-0.2, 0) is 0 Å². The van der Waals surface area contributed by atoms with E-state index >= 15 is 0 Å². The van der Waals surface area contributed by atoms with Gasteiger partial charge >= 0.3 is 5.69 Å². The van der Waals surface area contributed by atoms with Crippen LogP contribution in [0.3, 0.4) is 0 Å². The summed E-state index contributed by atoms with van der Waals surface area (Å²) in [5.74, 6) is 0.562. The number of aromatic nitrogens is 1.